The third kappa shape index (κ3) is 3.68. The zero-order valence-electron chi connectivity index (χ0n) is 16.2. The summed E-state index contributed by atoms with van der Waals surface area (Å²) in [6.07, 6.45) is 1.05. The van der Waals surface area contributed by atoms with E-state index < -0.39 is 0 Å². The Hall–Kier alpha value is -2.28. The zero-order valence-corrected chi connectivity index (χ0v) is 17.9. The first kappa shape index (κ1) is 19.1. The summed E-state index contributed by atoms with van der Waals surface area (Å²) in [4.78, 5) is 24.8. The normalized spacial score (nSPS) is 12.7. The molecule has 0 unspecified atom stereocenters. The highest BCUT2D eigenvalue weighted by Crippen LogP contribution is 2.34. The molecule has 28 heavy (non-hydrogen) atoms. The van der Waals surface area contributed by atoms with E-state index in [1.807, 2.05) is 22.9 Å². The fourth-order valence-electron chi connectivity index (χ4n) is 3.29. The van der Waals surface area contributed by atoms with E-state index in [4.69, 9.17) is 4.98 Å². The Kier molecular flexibility index (Phi) is 5.44. The number of rotatable bonds is 6. The summed E-state index contributed by atoms with van der Waals surface area (Å²) in [5.41, 5.74) is 3.52. The number of aromatic nitrogens is 2. The third-order valence-electron chi connectivity index (χ3n) is 5.17. The number of aryl methyl sites for hydroxylation is 1. The van der Waals surface area contributed by atoms with Crippen LogP contribution in [0.15, 0.2) is 52.0 Å². The maximum Gasteiger partial charge on any atom is 0.260 e. The van der Waals surface area contributed by atoms with Gasteiger partial charge in [0.05, 0.1) is 11.4 Å². The number of hydrogen-bond acceptors (Lipinski definition) is 5. The second-order valence-electron chi connectivity index (χ2n) is 7.02. The maximum atomic E-state index is 12.8. The van der Waals surface area contributed by atoms with E-state index in [-0.39, 0.29) is 11.6 Å². The molecule has 1 aromatic carbocycles. The van der Waals surface area contributed by atoms with Gasteiger partial charge in [0.15, 0.2) is 0 Å². The SMILES string of the molecule is CCc1ccc(CN(C)[C@@H](C)c2nc3scc(-c4cccs4)c3c(=O)[nH]2)cc1. The molecule has 0 aliphatic heterocycles. The van der Waals surface area contributed by atoms with E-state index in [1.54, 1.807) is 11.3 Å². The highest BCUT2D eigenvalue weighted by molar-refractivity contribution is 7.18. The monoisotopic (exact) mass is 409 g/mol. The molecule has 0 aliphatic carbocycles. The number of hydrogen-bond donors (Lipinski definition) is 1. The Bertz CT molecular complexity index is 1130. The zero-order chi connectivity index (χ0) is 19.7. The average molecular weight is 410 g/mol. The molecule has 0 amide bonds. The number of aromatic amines is 1. The first-order valence-corrected chi connectivity index (χ1v) is 11.2. The lowest BCUT2D eigenvalue weighted by Gasteiger charge is -2.24. The van der Waals surface area contributed by atoms with Gasteiger partial charge >= 0.3 is 0 Å². The lowest BCUT2D eigenvalue weighted by Crippen LogP contribution is -2.25. The molecule has 3 heterocycles. The minimum atomic E-state index is -0.0581. The number of H-pyrrole nitrogens is 1. The van der Waals surface area contributed by atoms with Gasteiger partial charge < -0.3 is 4.98 Å². The van der Waals surface area contributed by atoms with Gasteiger partial charge in [-0.05, 0) is 43.0 Å². The number of benzene rings is 1. The fraction of sp³-hybridized carbons (Fsp3) is 0.273. The van der Waals surface area contributed by atoms with Gasteiger partial charge in [0.25, 0.3) is 5.56 Å². The van der Waals surface area contributed by atoms with E-state index >= 15 is 0 Å². The van der Waals surface area contributed by atoms with Crippen molar-refractivity contribution in [3.8, 4) is 10.4 Å². The average Bonchev–Trinajstić information content (AvgIpc) is 3.37. The van der Waals surface area contributed by atoms with Gasteiger partial charge in [0, 0.05) is 22.4 Å². The number of nitrogens with zero attached hydrogens (tertiary/aromatic N) is 2. The molecule has 1 N–H and O–H groups in total. The number of fused-ring (bicyclic) bond motifs is 1. The standard InChI is InChI=1S/C22H23N3OS2/c1-4-15-7-9-16(10-8-15)12-25(3)14(2)20-23-21(26)19-17(13-28-22(19)24-20)18-6-5-11-27-18/h5-11,13-14H,4,12H2,1-3H3,(H,23,24,26)/t14-/m0/s1. The quantitative estimate of drug-likeness (QED) is 0.459. The van der Waals surface area contributed by atoms with Crippen LogP contribution in [0.5, 0.6) is 0 Å². The summed E-state index contributed by atoms with van der Waals surface area (Å²) in [7, 11) is 2.06. The molecule has 144 valence electrons. The van der Waals surface area contributed by atoms with Crippen LogP contribution in [0, 0.1) is 0 Å². The molecule has 4 rings (SSSR count). The molecule has 0 saturated carbocycles. The molecule has 0 radical (unpaired) electrons. The van der Waals surface area contributed by atoms with Crippen molar-refractivity contribution in [1.29, 1.82) is 0 Å². The van der Waals surface area contributed by atoms with E-state index in [2.05, 4.69) is 55.0 Å². The van der Waals surface area contributed by atoms with Gasteiger partial charge in [-0.1, -0.05) is 37.3 Å². The molecular formula is C22H23N3OS2. The van der Waals surface area contributed by atoms with Crippen molar-refractivity contribution in [1.82, 2.24) is 14.9 Å². The second-order valence-corrected chi connectivity index (χ2v) is 8.82. The molecule has 1 atom stereocenters. The summed E-state index contributed by atoms with van der Waals surface area (Å²) >= 11 is 3.18. The molecule has 4 nitrogen and oxygen atoms in total. The molecule has 0 bridgehead atoms. The minimum Gasteiger partial charge on any atom is -0.309 e. The van der Waals surface area contributed by atoms with Crippen LogP contribution in [-0.2, 0) is 13.0 Å². The van der Waals surface area contributed by atoms with Crippen LogP contribution in [0.4, 0.5) is 0 Å². The van der Waals surface area contributed by atoms with Gasteiger partial charge in [-0.25, -0.2) is 4.98 Å². The summed E-state index contributed by atoms with van der Waals surface area (Å²) in [5.74, 6) is 0.713. The minimum absolute atomic E-state index is 0.00948. The van der Waals surface area contributed by atoms with Crippen LogP contribution in [0.1, 0.15) is 36.8 Å². The molecule has 3 aromatic heterocycles. The Balaban J connectivity index is 1.60. The van der Waals surface area contributed by atoms with Crippen LogP contribution in [0.25, 0.3) is 20.7 Å². The molecule has 0 spiro atoms. The van der Waals surface area contributed by atoms with Crippen molar-refractivity contribution in [3.05, 3.63) is 74.5 Å². The van der Waals surface area contributed by atoms with Crippen molar-refractivity contribution in [2.45, 2.75) is 32.9 Å². The van der Waals surface area contributed by atoms with Gasteiger partial charge in [0.1, 0.15) is 10.7 Å². The largest absolute Gasteiger partial charge is 0.309 e. The van der Waals surface area contributed by atoms with Crippen LogP contribution in [-0.4, -0.2) is 21.9 Å². The van der Waals surface area contributed by atoms with Gasteiger partial charge in [-0.2, -0.15) is 0 Å². The van der Waals surface area contributed by atoms with Crippen molar-refractivity contribution in [2.24, 2.45) is 0 Å². The summed E-state index contributed by atoms with van der Waals surface area (Å²) in [6.45, 7) is 5.05. The molecule has 0 fully saturated rings. The third-order valence-corrected chi connectivity index (χ3v) is 6.94. The number of thiophene rings is 2. The summed E-state index contributed by atoms with van der Waals surface area (Å²) < 4.78 is 0. The summed E-state index contributed by atoms with van der Waals surface area (Å²) in [5, 5.41) is 4.76. The number of nitrogens with one attached hydrogen (secondary N) is 1. The Morgan fingerprint density at radius 1 is 1.14 bits per heavy atom. The van der Waals surface area contributed by atoms with Gasteiger partial charge in [-0.3, -0.25) is 9.69 Å². The molecule has 4 aromatic rings. The second kappa shape index (κ2) is 7.99. The Labute approximate surface area is 172 Å². The smallest absolute Gasteiger partial charge is 0.260 e. The Morgan fingerprint density at radius 3 is 2.57 bits per heavy atom. The Morgan fingerprint density at radius 2 is 1.89 bits per heavy atom. The summed E-state index contributed by atoms with van der Waals surface area (Å²) in [6, 6.07) is 12.8. The lowest BCUT2D eigenvalue weighted by molar-refractivity contribution is 0.244. The molecule has 0 aliphatic rings. The molecular weight excluding hydrogens is 386 g/mol. The van der Waals surface area contributed by atoms with E-state index in [0.29, 0.717) is 11.2 Å². The van der Waals surface area contributed by atoms with Crippen LogP contribution < -0.4 is 5.56 Å². The van der Waals surface area contributed by atoms with E-state index in [1.165, 1.54) is 22.5 Å². The highest BCUT2D eigenvalue weighted by Gasteiger charge is 2.19. The van der Waals surface area contributed by atoms with Gasteiger partial charge in [-0.15, -0.1) is 22.7 Å². The van der Waals surface area contributed by atoms with Crippen LogP contribution >= 0.6 is 22.7 Å². The first-order chi connectivity index (χ1) is 13.6. The lowest BCUT2D eigenvalue weighted by atomic mass is 10.1. The highest BCUT2D eigenvalue weighted by atomic mass is 32.1. The molecule has 0 saturated heterocycles. The van der Waals surface area contributed by atoms with Gasteiger partial charge in [0.2, 0.25) is 0 Å². The van der Waals surface area contributed by atoms with Crippen molar-refractivity contribution in [3.63, 3.8) is 0 Å². The predicted molar refractivity (Wildman–Crippen MR) is 119 cm³/mol. The molecule has 6 heteroatoms. The topological polar surface area (TPSA) is 49.0 Å². The predicted octanol–water partition coefficient (Wildman–Crippen LogP) is 5.47. The first-order valence-electron chi connectivity index (χ1n) is 9.40. The van der Waals surface area contributed by atoms with Crippen LogP contribution in [0.2, 0.25) is 0 Å². The van der Waals surface area contributed by atoms with Crippen molar-refractivity contribution in [2.75, 3.05) is 7.05 Å². The van der Waals surface area contributed by atoms with Crippen LogP contribution in [0.3, 0.4) is 0 Å². The fourth-order valence-corrected chi connectivity index (χ4v) is 5.06. The van der Waals surface area contributed by atoms with E-state index in [9.17, 15) is 4.79 Å². The maximum absolute atomic E-state index is 12.8. The van der Waals surface area contributed by atoms with Crippen molar-refractivity contribution >= 4 is 32.9 Å². The van der Waals surface area contributed by atoms with Crippen molar-refractivity contribution < 1.29 is 0 Å². The van der Waals surface area contributed by atoms with E-state index in [0.717, 1.165) is 28.2 Å².